The number of rotatable bonds is 5. The van der Waals surface area contributed by atoms with Gasteiger partial charge in [-0.1, -0.05) is 58.6 Å². The van der Waals surface area contributed by atoms with E-state index in [9.17, 15) is 0 Å². The topological polar surface area (TPSA) is 35.8 Å². The molecule has 0 saturated carbocycles. The van der Waals surface area contributed by atoms with Crippen LogP contribution < -0.4 is 5.32 Å². The Kier molecular flexibility index (Phi) is 24.9. The number of allylic oxidation sites excluding steroid dienone is 3. The molecule has 98 valence electrons. The maximum absolute atomic E-state index is 8.53. The van der Waals surface area contributed by atoms with E-state index in [0.29, 0.717) is 0 Å². The second-order valence-corrected chi connectivity index (χ2v) is 2.69. The minimum absolute atomic E-state index is 0.105. The lowest BCUT2D eigenvalue weighted by Gasteiger charge is -2.05. The van der Waals surface area contributed by atoms with Crippen LogP contribution in [0, 0.1) is 11.3 Å². The van der Waals surface area contributed by atoms with Gasteiger partial charge in [-0.25, -0.2) is 0 Å². The number of nitrogens with one attached hydrogen (secondary N) is 1. The highest BCUT2D eigenvalue weighted by molar-refractivity contribution is 5.22. The zero-order valence-corrected chi connectivity index (χ0v) is 12.2. The van der Waals surface area contributed by atoms with Crippen LogP contribution in [0.4, 0.5) is 0 Å². The third-order valence-corrected chi connectivity index (χ3v) is 1.62. The van der Waals surface area contributed by atoms with Crippen molar-refractivity contribution in [3.05, 3.63) is 36.5 Å². The van der Waals surface area contributed by atoms with Crippen LogP contribution in [0.5, 0.6) is 0 Å². The second kappa shape index (κ2) is 20.1. The minimum atomic E-state index is -0.105. The smallest absolute Gasteiger partial charge is 0.0927 e. The van der Waals surface area contributed by atoms with E-state index in [0.717, 1.165) is 12.1 Å². The van der Waals surface area contributed by atoms with Crippen LogP contribution in [0.1, 0.15) is 41.5 Å². The third kappa shape index (κ3) is 17.3. The molecule has 0 aliphatic heterocycles. The van der Waals surface area contributed by atoms with Gasteiger partial charge in [-0.05, 0) is 19.4 Å². The minimum Gasteiger partial charge on any atom is -0.298 e. The molecule has 1 atom stereocenters. The van der Waals surface area contributed by atoms with Gasteiger partial charge in [-0.15, -0.1) is 0 Å². The summed E-state index contributed by atoms with van der Waals surface area (Å²) in [5, 5.41) is 11.6. The Bertz CT molecular complexity index is 244. The summed E-state index contributed by atoms with van der Waals surface area (Å²) in [6.07, 6.45) is 7.60. The van der Waals surface area contributed by atoms with Crippen molar-refractivity contribution in [2.24, 2.45) is 0 Å². The van der Waals surface area contributed by atoms with E-state index in [1.807, 2.05) is 59.8 Å². The summed E-state index contributed by atoms with van der Waals surface area (Å²) in [4.78, 5) is 0. The summed E-state index contributed by atoms with van der Waals surface area (Å²) < 4.78 is 0. The van der Waals surface area contributed by atoms with Crippen molar-refractivity contribution >= 4 is 0 Å². The highest BCUT2D eigenvalue weighted by Gasteiger charge is 1.97. The van der Waals surface area contributed by atoms with E-state index < -0.39 is 0 Å². The molecular weight excluding hydrogens is 208 g/mol. The van der Waals surface area contributed by atoms with Crippen molar-refractivity contribution in [1.82, 2.24) is 5.32 Å². The molecule has 0 aromatic heterocycles. The predicted octanol–water partition coefficient (Wildman–Crippen LogP) is 4.23. The molecule has 0 fully saturated rings. The second-order valence-electron chi connectivity index (χ2n) is 2.69. The van der Waals surface area contributed by atoms with Crippen molar-refractivity contribution in [3.63, 3.8) is 0 Å². The van der Waals surface area contributed by atoms with Crippen molar-refractivity contribution in [3.8, 4) is 6.07 Å². The van der Waals surface area contributed by atoms with E-state index in [1.54, 1.807) is 6.08 Å². The quantitative estimate of drug-likeness (QED) is 0.725. The lowest BCUT2D eigenvalue weighted by atomic mass is 10.2. The molecule has 0 aromatic rings. The molecule has 1 N–H and O–H groups in total. The van der Waals surface area contributed by atoms with Crippen LogP contribution in [-0.4, -0.2) is 12.6 Å². The van der Waals surface area contributed by atoms with Crippen molar-refractivity contribution in [2.45, 2.75) is 47.6 Å². The first kappa shape index (κ1) is 21.0. The maximum Gasteiger partial charge on any atom is 0.0927 e. The van der Waals surface area contributed by atoms with Crippen LogP contribution in [-0.2, 0) is 0 Å². The summed E-state index contributed by atoms with van der Waals surface area (Å²) >= 11 is 0. The molecule has 17 heavy (non-hydrogen) atoms. The summed E-state index contributed by atoms with van der Waals surface area (Å²) in [6.45, 7) is 16.1. The molecule has 0 aliphatic rings. The molecule has 2 nitrogen and oxygen atoms in total. The molecule has 0 radical (unpaired) electrons. The first-order valence-corrected chi connectivity index (χ1v) is 6.32. The number of hydrogen-bond acceptors (Lipinski definition) is 2. The number of nitriles is 1. The Morgan fingerprint density at radius 1 is 1.35 bits per heavy atom. The third-order valence-electron chi connectivity index (χ3n) is 1.62. The normalized spacial score (nSPS) is 11.5. The van der Waals surface area contributed by atoms with Gasteiger partial charge in [-0.3, -0.25) is 5.32 Å². The van der Waals surface area contributed by atoms with Gasteiger partial charge in [0.05, 0.1) is 12.1 Å². The Labute approximate surface area is 108 Å². The zero-order chi connectivity index (χ0) is 14.1. The zero-order valence-electron chi connectivity index (χ0n) is 12.2. The van der Waals surface area contributed by atoms with Crippen molar-refractivity contribution in [1.29, 1.82) is 5.26 Å². The Morgan fingerprint density at radius 2 is 1.88 bits per heavy atom. The van der Waals surface area contributed by atoms with Crippen LogP contribution >= 0.6 is 0 Å². The highest BCUT2D eigenvalue weighted by Crippen LogP contribution is 1.95. The van der Waals surface area contributed by atoms with Gasteiger partial charge in [0, 0.05) is 6.54 Å². The first-order valence-electron chi connectivity index (χ1n) is 6.32. The molecule has 0 rings (SSSR count). The molecular formula is C15H28N2. The first-order chi connectivity index (χ1) is 8.24. The van der Waals surface area contributed by atoms with Crippen molar-refractivity contribution < 1.29 is 0 Å². The number of hydrogen-bond donors (Lipinski definition) is 1. The number of nitrogens with zero attached hydrogens (tertiary/aromatic N) is 1. The van der Waals surface area contributed by atoms with Crippen molar-refractivity contribution in [2.75, 3.05) is 6.54 Å². The van der Waals surface area contributed by atoms with Gasteiger partial charge < -0.3 is 0 Å². The predicted molar refractivity (Wildman–Crippen MR) is 78.9 cm³/mol. The molecule has 0 aliphatic carbocycles. The average molecular weight is 236 g/mol. The average Bonchev–Trinajstić information content (AvgIpc) is 2.43. The Balaban J connectivity index is -0.000000439. The molecule has 0 bridgehead atoms. The van der Waals surface area contributed by atoms with E-state index in [1.165, 1.54) is 0 Å². The largest absolute Gasteiger partial charge is 0.298 e. The van der Waals surface area contributed by atoms with Crippen LogP contribution in [0.25, 0.3) is 0 Å². The van der Waals surface area contributed by atoms with Crippen LogP contribution in [0.2, 0.25) is 0 Å². The van der Waals surface area contributed by atoms with Gasteiger partial charge in [-0.2, -0.15) is 5.26 Å². The standard InChI is InChI=1S/C11H16N2.2C2H6/c1-4-6-7-11(5-2)9-13-10(3)8-12;2*1-2/h4-7,10,13H,1,9H2,2-3H3;2*1-2H3/b7-6-,11-5+;;. The fraction of sp³-hybridized carbons (Fsp3) is 0.533. The molecule has 1 unspecified atom stereocenters. The molecule has 0 spiro atoms. The van der Waals surface area contributed by atoms with Gasteiger partial charge in [0.25, 0.3) is 0 Å². The van der Waals surface area contributed by atoms with Gasteiger partial charge in [0.2, 0.25) is 0 Å². The Hall–Kier alpha value is -1.33. The van der Waals surface area contributed by atoms with Gasteiger partial charge >= 0.3 is 0 Å². The van der Waals surface area contributed by atoms with E-state index in [4.69, 9.17) is 5.26 Å². The summed E-state index contributed by atoms with van der Waals surface area (Å²) in [7, 11) is 0. The molecule has 0 heterocycles. The molecule has 0 aromatic carbocycles. The summed E-state index contributed by atoms with van der Waals surface area (Å²) in [6, 6.07) is 2.01. The molecule has 0 amide bonds. The molecule has 0 saturated heterocycles. The lowest BCUT2D eigenvalue weighted by molar-refractivity contribution is 0.686. The van der Waals surface area contributed by atoms with Crippen LogP contribution in [0.15, 0.2) is 36.5 Å². The van der Waals surface area contributed by atoms with E-state index in [2.05, 4.69) is 18.0 Å². The van der Waals surface area contributed by atoms with E-state index >= 15 is 0 Å². The monoisotopic (exact) mass is 236 g/mol. The summed E-state index contributed by atoms with van der Waals surface area (Å²) in [5.74, 6) is 0. The fourth-order valence-corrected chi connectivity index (χ4v) is 0.765. The SMILES string of the molecule is C=C/C=C\C(=C/C)CNC(C)C#N.CC.CC. The maximum atomic E-state index is 8.53. The highest BCUT2D eigenvalue weighted by atomic mass is 14.9. The van der Waals surface area contributed by atoms with E-state index in [-0.39, 0.29) is 6.04 Å². The van der Waals surface area contributed by atoms with Gasteiger partial charge in [0.15, 0.2) is 0 Å². The fourth-order valence-electron chi connectivity index (χ4n) is 0.765. The van der Waals surface area contributed by atoms with Gasteiger partial charge in [0.1, 0.15) is 0 Å². The van der Waals surface area contributed by atoms with Crippen LogP contribution in [0.3, 0.4) is 0 Å². The Morgan fingerprint density at radius 3 is 2.24 bits per heavy atom. The molecule has 2 heteroatoms. The lowest BCUT2D eigenvalue weighted by Crippen LogP contribution is -2.25. The summed E-state index contributed by atoms with van der Waals surface area (Å²) in [5.41, 5.74) is 1.15.